The molecule has 0 aliphatic heterocycles. The van der Waals surface area contributed by atoms with Crippen molar-refractivity contribution in [1.29, 1.82) is 0 Å². The number of hydrogen-bond acceptors (Lipinski definition) is 4. The smallest absolute Gasteiger partial charge is 0.346 e. The normalized spacial score (nSPS) is 11.7. The molecule has 0 saturated heterocycles. The Bertz CT molecular complexity index is 671. The molecule has 0 aliphatic carbocycles. The van der Waals surface area contributed by atoms with Crippen molar-refractivity contribution in [1.82, 2.24) is 0 Å². The molecule has 2 aromatic rings. The van der Waals surface area contributed by atoms with E-state index in [1.165, 1.54) is 7.11 Å². The number of ether oxygens (including phenoxy) is 3. The van der Waals surface area contributed by atoms with Gasteiger partial charge in [-0.15, -0.1) is 0 Å². The van der Waals surface area contributed by atoms with Crippen molar-refractivity contribution in [3.05, 3.63) is 58.1 Å². The average molecular weight is 355 g/mol. The van der Waals surface area contributed by atoms with Crippen LogP contribution in [0.25, 0.3) is 0 Å². The third kappa shape index (κ3) is 5.05. The zero-order valence-electron chi connectivity index (χ0n) is 12.7. The first kappa shape index (κ1) is 17.4. The van der Waals surface area contributed by atoms with Crippen LogP contribution >= 0.6 is 23.2 Å². The average Bonchev–Trinajstić information content (AvgIpc) is 2.54. The van der Waals surface area contributed by atoms with Gasteiger partial charge in [0, 0.05) is 5.02 Å². The van der Waals surface area contributed by atoms with Crippen LogP contribution in [0, 0.1) is 0 Å². The highest BCUT2D eigenvalue weighted by Crippen LogP contribution is 2.28. The summed E-state index contributed by atoms with van der Waals surface area (Å²) in [6.45, 7) is 1.99. The highest BCUT2D eigenvalue weighted by Gasteiger charge is 2.14. The van der Waals surface area contributed by atoms with Crippen LogP contribution in [0.1, 0.15) is 12.5 Å². The van der Waals surface area contributed by atoms with Crippen molar-refractivity contribution in [2.75, 3.05) is 7.11 Å². The molecule has 1 atom stereocenters. The van der Waals surface area contributed by atoms with Crippen molar-refractivity contribution in [3.63, 3.8) is 0 Å². The van der Waals surface area contributed by atoms with Gasteiger partial charge in [0.05, 0.1) is 12.1 Å². The molecule has 0 aromatic heterocycles. The fourth-order valence-electron chi connectivity index (χ4n) is 1.84. The molecule has 4 nitrogen and oxygen atoms in total. The zero-order valence-corrected chi connectivity index (χ0v) is 14.2. The number of esters is 1. The second-order valence-electron chi connectivity index (χ2n) is 4.79. The minimum absolute atomic E-state index is 0.355. The third-order valence-corrected chi connectivity index (χ3v) is 3.59. The lowest BCUT2D eigenvalue weighted by Crippen LogP contribution is -2.24. The maximum atomic E-state index is 11.3. The fraction of sp³-hybridized carbons (Fsp3) is 0.235. The molecule has 2 aromatic carbocycles. The predicted octanol–water partition coefficient (Wildman–Crippen LogP) is 4.51. The molecule has 0 radical (unpaired) electrons. The Labute approximate surface area is 144 Å². The van der Waals surface area contributed by atoms with E-state index >= 15 is 0 Å². The van der Waals surface area contributed by atoms with Gasteiger partial charge in [0.25, 0.3) is 0 Å². The van der Waals surface area contributed by atoms with E-state index < -0.39 is 12.1 Å². The van der Waals surface area contributed by atoms with Gasteiger partial charge in [-0.2, -0.15) is 0 Å². The summed E-state index contributed by atoms with van der Waals surface area (Å²) in [7, 11) is 1.32. The molecule has 0 heterocycles. The Morgan fingerprint density at radius 2 is 1.83 bits per heavy atom. The van der Waals surface area contributed by atoms with Crippen LogP contribution < -0.4 is 9.47 Å². The van der Waals surface area contributed by atoms with Crippen molar-refractivity contribution in [2.45, 2.75) is 19.6 Å². The molecule has 0 fully saturated rings. The predicted molar refractivity (Wildman–Crippen MR) is 89.3 cm³/mol. The van der Waals surface area contributed by atoms with Gasteiger partial charge in [-0.05, 0) is 42.8 Å². The van der Waals surface area contributed by atoms with Crippen molar-refractivity contribution >= 4 is 29.2 Å². The number of methoxy groups -OCH3 is 1. The van der Waals surface area contributed by atoms with Crippen LogP contribution in [0.15, 0.2) is 42.5 Å². The Morgan fingerprint density at radius 3 is 2.43 bits per heavy atom. The lowest BCUT2D eigenvalue weighted by atomic mass is 10.2. The van der Waals surface area contributed by atoms with Gasteiger partial charge in [-0.25, -0.2) is 4.79 Å². The van der Waals surface area contributed by atoms with Crippen LogP contribution in [0.2, 0.25) is 10.0 Å². The summed E-state index contributed by atoms with van der Waals surface area (Å²) in [5, 5.41) is 1.02. The molecule has 0 spiro atoms. The number of halogens is 2. The molecule has 23 heavy (non-hydrogen) atoms. The van der Waals surface area contributed by atoms with E-state index in [4.69, 9.17) is 32.7 Å². The van der Waals surface area contributed by atoms with Crippen LogP contribution in [0.3, 0.4) is 0 Å². The van der Waals surface area contributed by atoms with Gasteiger partial charge >= 0.3 is 5.97 Å². The molecule has 0 N–H and O–H groups in total. The minimum Gasteiger partial charge on any atom is -0.487 e. The van der Waals surface area contributed by atoms with E-state index in [1.54, 1.807) is 37.3 Å². The zero-order chi connectivity index (χ0) is 16.8. The lowest BCUT2D eigenvalue weighted by Gasteiger charge is -2.13. The van der Waals surface area contributed by atoms with Crippen LogP contribution in [-0.4, -0.2) is 19.2 Å². The summed E-state index contributed by atoms with van der Waals surface area (Å²) < 4.78 is 15.7. The van der Waals surface area contributed by atoms with Gasteiger partial charge in [0.1, 0.15) is 18.1 Å². The SMILES string of the molecule is COC(=O)C(C)Oc1ccc(COc2ccc(Cl)cc2Cl)cc1. The fourth-order valence-corrected chi connectivity index (χ4v) is 2.30. The second kappa shape index (κ2) is 8.09. The quantitative estimate of drug-likeness (QED) is 0.715. The Balaban J connectivity index is 1.93. The summed E-state index contributed by atoms with van der Waals surface area (Å²) in [5.41, 5.74) is 0.939. The van der Waals surface area contributed by atoms with Crippen LogP contribution in [0.5, 0.6) is 11.5 Å². The van der Waals surface area contributed by atoms with E-state index in [2.05, 4.69) is 4.74 Å². The summed E-state index contributed by atoms with van der Waals surface area (Å²) in [6.07, 6.45) is -0.657. The van der Waals surface area contributed by atoms with E-state index in [0.717, 1.165) is 5.56 Å². The standard InChI is InChI=1S/C17H16Cl2O4/c1-11(17(20)21-2)23-14-6-3-12(4-7-14)10-22-16-8-5-13(18)9-15(16)19/h3-9,11H,10H2,1-2H3. The molecule has 0 saturated carbocycles. The van der Waals surface area contributed by atoms with Gasteiger partial charge in [-0.3, -0.25) is 0 Å². The van der Waals surface area contributed by atoms with E-state index in [-0.39, 0.29) is 0 Å². The summed E-state index contributed by atoms with van der Waals surface area (Å²) in [5.74, 6) is 0.724. The minimum atomic E-state index is -0.657. The number of hydrogen-bond donors (Lipinski definition) is 0. The first-order valence-corrected chi connectivity index (χ1v) is 7.66. The van der Waals surface area contributed by atoms with E-state index in [1.807, 2.05) is 12.1 Å². The first-order valence-electron chi connectivity index (χ1n) is 6.91. The molecular weight excluding hydrogens is 339 g/mol. The monoisotopic (exact) mass is 354 g/mol. The molecule has 0 aliphatic rings. The largest absolute Gasteiger partial charge is 0.487 e. The van der Waals surface area contributed by atoms with Gasteiger partial charge in [0.15, 0.2) is 6.10 Å². The van der Waals surface area contributed by atoms with Crippen molar-refractivity contribution in [3.8, 4) is 11.5 Å². The third-order valence-electron chi connectivity index (χ3n) is 3.06. The van der Waals surface area contributed by atoms with Crippen LogP contribution in [0.4, 0.5) is 0 Å². The first-order chi connectivity index (χ1) is 11.0. The molecule has 1 unspecified atom stereocenters. The summed E-state index contributed by atoms with van der Waals surface area (Å²) in [4.78, 5) is 11.3. The molecule has 122 valence electrons. The van der Waals surface area contributed by atoms with Crippen molar-refractivity contribution < 1.29 is 19.0 Å². The Morgan fingerprint density at radius 1 is 1.13 bits per heavy atom. The highest BCUT2D eigenvalue weighted by molar-refractivity contribution is 6.35. The highest BCUT2D eigenvalue weighted by atomic mass is 35.5. The number of benzene rings is 2. The molecule has 2 rings (SSSR count). The Kier molecular flexibility index (Phi) is 6.13. The van der Waals surface area contributed by atoms with Crippen LogP contribution in [-0.2, 0) is 16.1 Å². The summed E-state index contributed by atoms with van der Waals surface area (Å²) >= 11 is 11.9. The van der Waals surface area contributed by atoms with Gasteiger partial charge < -0.3 is 14.2 Å². The maximum absolute atomic E-state index is 11.3. The maximum Gasteiger partial charge on any atom is 0.346 e. The van der Waals surface area contributed by atoms with Gasteiger partial charge in [-0.1, -0.05) is 35.3 Å². The Hall–Kier alpha value is -1.91. The molecule has 0 amide bonds. The molecule has 0 bridgehead atoms. The van der Waals surface area contributed by atoms with Crippen molar-refractivity contribution in [2.24, 2.45) is 0 Å². The number of carbonyl (C=O) groups excluding carboxylic acids is 1. The second-order valence-corrected chi connectivity index (χ2v) is 5.63. The summed E-state index contributed by atoms with van der Waals surface area (Å²) in [6, 6.07) is 12.3. The number of carbonyl (C=O) groups is 1. The molecular formula is C17H16Cl2O4. The topological polar surface area (TPSA) is 44.8 Å². The van der Waals surface area contributed by atoms with E-state index in [9.17, 15) is 4.79 Å². The lowest BCUT2D eigenvalue weighted by molar-refractivity contribution is -0.147. The number of rotatable bonds is 6. The van der Waals surface area contributed by atoms with Gasteiger partial charge in [0.2, 0.25) is 0 Å². The molecule has 6 heteroatoms. The van der Waals surface area contributed by atoms with E-state index in [0.29, 0.717) is 28.2 Å².